The van der Waals surface area contributed by atoms with Gasteiger partial charge in [0, 0.05) is 19.3 Å². The molecule has 1 spiro atoms. The molecule has 1 N–H and O–H groups in total. The zero-order chi connectivity index (χ0) is 16.6. The number of benzene rings is 1. The molecule has 5 heteroatoms. The summed E-state index contributed by atoms with van der Waals surface area (Å²) in [5, 5.41) is 10.4. The Morgan fingerprint density at radius 1 is 1.12 bits per heavy atom. The van der Waals surface area contributed by atoms with Crippen molar-refractivity contribution in [3.8, 4) is 0 Å². The van der Waals surface area contributed by atoms with Gasteiger partial charge >= 0.3 is 0 Å². The van der Waals surface area contributed by atoms with Crippen LogP contribution in [0.25, 0.3) is 0 Å². The van der Waals surface area contributed by atoms with E-state index in [-0.39, 0.29) is 12.2 Å². The highest BCUT2D eigenvalue weighted by Gasteiger charge is 2.57. The summed E-state index contributed by atoms with van der Waals surface area (Å²) < 4.78 is 18.3. The van der Waals surface area contributed by atoms with Crippen LogP contribution in [0.3, 0.4) is 0 Å². The maximum atomic E-state index is 12.3. The molecule has 2 saturated carbocycles. The second kappa shape index (κ2) is 6.56. The van der Waals surface area contributed by atoms with Gasteiger partial charge in [0.2, 0.25) is 0 Å². The lowest BCUT2D eigenvalue weighted by Crippen LogP contribution is -2.53. The Kier molecular flexibility index (Phi) is 4.43. The summed E-state index contributed by atoms with van der Waals surface area (Å²) in [5.74, 6) is -0.726. The van der Waals surface area contributed by atoms with E-state index in [9.17, 15) is 9.90 Å². The molecule has 0 bridgehead atoms. The maximum Gasteiger partial charge on any atom is 0.170 e. The third-order valence-corrected chi connectivity index (χ3v) is 5.32. The van der Waals surface area contributed by atoms with Gasteiger partial charge in [-0.2, -0.15) is 0 Å². The topological polar surface area (TPSA) is 65.0 Å². The van der Waals surface area contributed by atoms with Gasteiger partial charge in [0.05, 0.1) is 12.7 Å². The van der Waals surface area contributed by atoms with Gasteiger partial charge in [-0.05, 0) is 18.4 Å². The van der Waals surface area contributed by atoms with Crippen LogP contribution in [-0.4, -0.2) is 41.1 Å². The molecule has 1 aromatic carbocycles. The van der Waals surface area contributed by atoms with Crippen molar-refractivity contribution in [3.05, 3.63) is 35.9 Å². The van der Waals surface area contributed by atoms with E-state index in [0.717, 1.165) is 31.2 Å². The highest BCUT2D eigenvalue weighted by atomic mass is 16.8. The van der Waals surface area contributed by atoms with Gasteiger partial charge in [0.1, 0.15) is 18.3 Å². The van der Waals surface area contributed by atoms with Crippen LogP contribution in [0.5, 0.6) is 0 Å². The van der Waals surface area contributed by atoms with Crippen molar-refractivity contribution in [2.24, 2.45) is 0 Å². The Labute approximate surface area is 141 Å². The van der Waals surface area contributed by atoms with E-state index in [1.165, 1.54) is 6.42 Å². The number of ether oxygens (including phenoxy) is 3. The molecule has 0 radical (unpaired) electrons. The molecule has 0 unspecified atom stereocenters. The molecule has 0 aromatic heterocycles. The molecule has 130 valence electrons. The molecule has 3 fully saturated rings. The van der Waals surface area contributed by atoms with Crippen molar-refractivity contribution in [2.75, 3.05) is 0 Å². The fourth-order valence-electron chi connectivity index (χ4n) is 4.08. The summed E-state index contributed by atoms with van der Waals surface area (Å²) in [6, 6.07) is 9.82. The van der Waals surface area contributed by atoms with Crippen LogP contribution in [0, 0.1) is 0 Å². The number of aliphatic hydroxyl groups excluding tert-OH is 1. The van der Waals surface area contributed by atoms with Crippen molar-refractivity contribution in [1.29, 1.82) is 0 Å². The number of rotatable bonds is 3. The molecular weight excluding hydrogens is 308 g/mol. The zero-order valence-electron chi connectivity index (χ0n) is 13.7. The van der Waals surface area contributed by atoms with Crippen LogP contribution in [0.1, 0.15) is 44.1 Å². The Bertz CT molecular complexity index is 581. The number of hydrogen-bond donors (Lipinski definition) is 1. The first-order valence-electron chi connectivity index (χ1n) is 8.89. The Morgan fingerprint density at radius 3 is 2.62 bits per heavy atom. The van der Waals surface area contributed by atoms with E-state index in [2.05, 4.69) is 0 Å². The molecule has 5 nitrogen and oxygen atoms in total. The van der Waals surface area contributed by atoms with Gasteiger partial charge in [0.15, 0.2) is 11.6 Å². The number of fused-ring (bicyclic) bond motifs is 1. The fraction of sp³-hybridized carbons (Fsp3) is 0.632. The van der Waals surface area contributed by atoms with Crippen molar-refractivity contribution in [1.82, 2.24) is 0 Å². The lowest BCUT2D eigenvalue weighted by atomic mass is 9.88. The van der Waals surface area contributed by atoms with Crippen LogP contribution in [0.4, 0.5) is 0 Å². The summed E-state index contributed by atoms with van der Waals surface area (Å²) in [6.45, 7) is 0.385. The first kappa shape index (κ1) is 16.2. The van der Waals surface area contributed by atoms with E-state index in [4.69, 9.17) is 14.2 Å². The predicted octanol–water partition coefficient (Wildman–Crippen LogP) is 2.35. The number of Topliss-reactive ketones (excluding diaryl/α,β-unsaturated/α-hetero) is 1. The van der Waals surface area contributed by atoms with E-state index in [1.807, 2.05) is 30.3 Å². The van der Waals surface area contributed by atoms with Gasteiger partial charge in [-0.25, -0.2) is 0 Å². The molecule has 2 aliphatic carbocycles. The molecule has 1 saturated heterocycles. The van der Waals surface area contributed by atoms with Gasteiger partial charge in [-0.15, -0.1) is 0 Å². The Morgan fingerprint density at radius 2 is 1.88 bits per heavy atom. The number of hydrogen-bond acceptors (Lipinski definition) is 5. The minimum absolute atomic E-state index is 0.0695. The summed E-state index contributed by atoms with van der Waals surface area (Å²) in [4.78, 5) is 12.3. The van der Waals surface area contributed by atoms with E-state index < -0.39 is 30.2 Å². The lowest BCUT2D eigenvalue weighted by Gasteiger charge is -2.34. The van der Waals surface area contributed by atoms with Crippen molar-refractivity contribution in [3.63, 3.8) is 0 Å². The molecule has 24 heavy (non-hydrogen) atoms. The second-order valence-electron chi connectivity index (χ2n) is 7.09. The third-order valence-electron chi connectivity index (χ3n) is 5.32. The number of ketones is 1. The largest absolute Gasteiger partial charge is 0.390 e. The van der Waals surface area contributed by atoms with Crippen molar-refractivity contribution < 1.29 is 24.1 Å². The smallest absolute Gasteiger partial charge is 0.170 e. The van der Waals surface area contributed by atoms with Gasteiger partial charge < -0.3 is 19.3 Å². The SMILES string of the molecule is O=C1C[C@H](O)[C@H](OCc2ccccc2)[C@H]2OC3(CCCCC3)O[C@@H]12. The monoisotopic (exact) mass is 332 g/mol. The number of carbonyl (C=O) groups is 1. The molecule has 1 heterocycles. The van der Waals surface area contributed by atoms with Gasteiger partial charge in [0.25, 0.3) is 0 Å². The van der Waals surface area contributed by atoms with Crippen LogP contribution in [0.15, 0.2) is 30.3 Å². The second-order valence-corrected chi connectivity index (χ2v) is 7.09. The highest BCUT2D eigenvalue weighted by Crippen LogP contribution is 2.44. The number of carbonyl (C=O) groups excluding carboxylic acids is 1. The molecule has 4 rings (SSSR count). The molecule has 4 atom stereocenters. The standard InChI is InChI=1S/C19H24O5/c20-14-11-15(21)17-18(24-19(23-17)9-5-2-6-10-19)16(14)22-12-13-7-3-1-4-8-13/h1,3-4,7-8,14,16-18,20H,2,5-6,9-12H2/t14-,16-,17-,18+/m0/s1. The average molecular weight is 332 g/mol. The Balaban J connectivity index is 1.49. The molecule has 3 aliphatic rings. The van der Waals surface area contributed by atoms with Crippen LogP contribution in [-0.2, 0) is 25.6 Å². The fourth-order valence-corrected chi connectivity index (χ4v) is 4.08. The Hall–Kier alpha value is -1.27. The van der Waals surface area contributed by atoms with E-state index in [1.54, 1.807) is 0 Å². The van der Waals surface area contributed by atoms with Gasteiger partial charge in [-0.1, -0.05) is 36.8 Å². The lowest BCUT2D eigenvalue weighted by molar-refractivity contribution is -0.206. The average Bonchev–Trinajstić information content (AvgIpc) is 2.95. The van der Waals surface area contributed by atoms with Crippen molar-refractivity contribution in [2.45, 2.75) is 75.3 Å². The van der Waals surface area contributed by atoms with Crippen molar-refractivity contribution >= 4 is 5.78 Å². The van der Waals surface area contributed by atoms with E-state index in [0.29, 0.717) is 6.61 Å². The molecule has 0 amide bonds. The summed E-state index contributed by atoms with van der Waals surface area (Å²) in [5.41, 5.74) is 1.03. The zero-order valence-corrected chi connectivity index (χ0v) is 13.7. The van der Waals surface area contributed by atoms with Crippen LogP contribution in [0.2, 0.25) is 0 Å². The third kappa shape index (κ3) is 3.02. The first-order valence-corrected chi connectivity index (χ1v) is 8.89. The summed E-state index contributed by atoms with van der Waals surface area (Å²) in [7, 11) is 0. The van der Waals surface area contributed by atoms with Gasteiger partial charge in [-0.3, -0.25) is 4.79 Å². The minimum atomic E-state index is -0.843. The minimum Gasteiger partial charge on any atom is -0.390 e. The predicted molar refractivity (Wildman–Crippen MR) is 86.2 cm³/mol. The van der Waals surface area contributed by atoms with E-state index >= 15 is 0 Å². The summed E-state index contributed by atoms with van der Waals surface area (Å²) in [6.07, 6.45) is 2.48. The number of aliphatic hydroxyl groups is 1. The maximum absolute atomic E-state index is 12.3. The highest BCUT2D eigenvalue weighted by molar-refractivity contribution is 5.85. The quantitative estimate of drug-likeness (QED) is 0.920. The van der Waals surface area contributed by atoms with Crippen LogP contribution >= 0.6 is 0 Å². The van der Waals surface area contributed by atoms with Crippen LogP contribution < -0.4 is 0 Å². The molecule has 1 aromatic rings. The molecule has 1 aliphatic heterocycles. The molecular formula is C19H24O5. The summed E-state index contributed by atoms with van der Waals surface area (Å²) >= 11 is 0. The first-order chi connectivity index (χ1) is 11.7. The normalized spacial score (nSPS) is 35.1.